The average molecular weight is 368 g/mol. The van der Waals surface area contributed by atoms with Crippen LogP contribution in [0.2, 0.25) is 0 Å². The van der Waals surface area contributed by atoms with Crippen LogP contribution in [-0.4, -0.2) is 55.7 Å². The van der Waals surface area contributed by atoms with Crippen molar-refractivity contribution < 1.29 is 23.9 Å². The van der Waals surface area contributed by atoms with E-state index in [1.54, 1.807) is 6.92 Å². The van der Waals surface area contributed by atoms with Gasteiger partial charge in [0.2, 0.25) is 12.3 Å². The Labute approximate surface area is 156 Å². The molecule has 0 spiro atoms. The lowest BCUT2D eigenvalue weighted by atomic mass is 9.90. The van der Waals surface area contributed by atoms with Crippen LogP contribution >= 0.6 is 0 Å². The van der Waals surface area contributed by atoms with Crippen molar-refractivity contribution >= 4 is 24.5 Å². The summed E-state index contributed by atoms with van der Waals surface area (Å²) in [7, 11) is 0. The molecule has 0 aromatic rings. The molecule has 7 heteroatoms. The Morgan fingerprint density at radius 3 is 2.23 bits per heavy atom. The maximum atomic E-state index is 11.9. The van der Waals surface area contributed by atoms with Crippen molar-refractivity contribution in [3.05, 3.63) is 12.2 Å². The highest BCUT2D eigenvalue weighted by Gasteiger charge is 2.23. The summed E-state index contributed by atoms with van der Waals surface area (Å²) in [5.41, 5.74) is -0.489. The van der Waals surface area contributed by atoms with Gasteiger partial charge in [0, 0.05) is 31.3 Å². The third kappa shape index (κ3) is 10.8. The monoisotopic (exact) mass is 368 g/mol. The number of rotatable bonds is 13. The number of allylic oxidation sites excluding steroid dienone is 1. The molecular weight excluding hydrogens is 336 g/mol. The fraction of sp³-hybridized carbons (Fsp3) is 0.684. The SMILES string of the molecule is C/C=C\C(=O)N(C=O)CCC(=O)NCC(C)(C)COCC(C)(C)CC=O. The van der Waals surface area contributed by atoms with Gasteiger partial charge in [0.25, 0.3) is 5.91 Å². The molecule has 0 aliphatic carbocycles. The number of nitrogens with zero attached hydrogens (tertiary/aromatic N) is 1. The Kier molecular flexibility index (Phi) is 10.7. The summed E-state index contributed by atoms with van der Waals surface area (Å²) in [6, 6.07) is 0. The third-order valence-corrected chi connectivity index (χ3v) is 3.68. The van der Waals surface area contributed by atoms with E-state index < -0.39 is 5.91 Å². The second-order valence-corrected chi connectivity index (χ2v) is 7.86. The van der Waals surface area contributed by atoms with Crippen LogP contribution in [0, 0.1) is 10.8 Å². The minimum absolute atomic E-state index is 0.0370. The topological polar surface area (TPSA) is 92.8 Å². The van der Waals surface area contributed by atoms with Crippen LogP contribution in [0.1, 0.15) is 47.5 Å². The van der Waals surface area contributed by atoms with E-state index in [2.05, 4.69) is 5.32 Å². The van der Waals surface area contributed by atoms with Gasteiger partial charge in [-0.1, -0.05) is 33.8 Å². The van der Waals surface area contributed by atoms with Gasteiger partial charge in [-0.05, 0) is 18.4 Å². The fourth-order valence-corrected chi connectivity index (χ4v) is 2.04. The van der Waals surface area contributed by atoms with E-state index in [1.807, 2.05) is 27.7 Å². The van der Waals surface area contributed by atoms with Gasteiger partial charge < -0.3 is 14.8 Å². The predicted octanol–water partition coefficient (Wildman–Crippen LogP) is 1.71. The lowest BCUT2D eigenvalue weighted by Gasteiger charge is -2.28. The summed E-state index contributed by atoms with van der Waals surface area (Å²) in [6.45, 7) is 10.9. The summed E-state index contributed by atoms with van der Waals surface area (Å²) in [5, 5.41) is 2.80. The second-order valence-electron chi connectivity index (χ2n) is 7.86. The quantitative estimate of drug-likeness (QED) is 0.395. The zero-order valence-corrected chi connectivity index (χ0v) is 16.5. The Balaban J connectivity index is 4.24. The molecule has 0 aliphatic rings. The van der Waals surface area contributed by atoms with E-state index in [-0.39, 0.29) is 29.7 Å². The summed E-state index contributed by atoms with van der Waals surface area (Å²) < 4.78 is 5.71. The van der Waals surface area contributed by atoms with Gasteiger partial charge in [-0.25, -0.2) is 0 Å². The minimum Gasteiger partial charge on any atom is -0.380 e. The number of amides is 3. The van der Waals surface area contributed by atoms with E-state index in [0.29, 0.717) is 32.6 Å². The summed E-state index contributed by atoms with van der Waals surface area (Å²) in [6.07, 6.45) is 4.61. The summed E-state index contributed by atoms with van der Waals surface area (Å²) in [5.74, 6) is -0.679. The van der Waals surface area contributed by atoms with Crippen molar-refractivity contribution in [1.29, 1.82) is 0 Å². The Bertz CT molecular complexity index is 512. The largest absolute Gasteiger partial charge is 0.380 e. The number of hydrogen-bond donors (Lipinski definition) is 1. The Morgan fingerprint density at radius 1 is 1.08 bits per heavy atom. The molecule has 0 radical (unpaired) electrons. The normalized spacial score (nSPS) is 12.0. The number of carbonyl (C=O) groups is 4. The van der Waals surface area contributed by atoms with Crippen LogP contribution in [0.25, 0.3) is 0 Å². The molecule has 0 atom stereocenters. The highest BCUT2D eigenvalue weighted by atomic mass is 16.5. The zero-order chi connectivity index (χ0) is 20.2. The summed E-state index contributed by atoms with van der Waals surface area (Å²) in [4.78, 5) is 46.0. The molecule has 26 heavy (non-hydrogen) atoms. The highest BCUT2D eigenvalue weighted by Crippen LogP contribution is 2.21. The molecule has 0 aromatic heterocycles. The van der Waals surface area contributed by atoms with Gasteiger partial charge in [-0.3, -0.25) is 19.3 Å². The lowest BCUT2D eigenvalue weighted by Crippen LogP contribution is -2.39. The van der Waals surface area contributed by atoms with E-state index in [0.717, 1.165) is 11.2 Å². The van der Waals surface area contributed by atoms with Crippen molar-refractivity contribution in [2.75, 3.05) is 26.3 Å². The number of hydrogen-bond acceptors (Lipinski definition) is 5. The molecular formula is C19H32N2O5. The molecule has 0 saturated carbocycles. The molecule has 0 bridgehead atoms. The highest BCUT2D eigenvalue weighted by molar-refractivity contribution is 5.94. The number of aldehydes is 1. The first-order valence-corrected chi connectivity index (χ1v) is 8.73. The molecule has 3 amide bonds. The van der Waals surface area contributed by atoms with E-state index in [9.17, 15) is 19.2 Å². The Morgan fingerprint density at radius 2 is 1.69 bits per heavy atom. The molecule has 1 N–H and O–H groups in total. The maximum Gasteiger partial charge on any atom is 0.252 e. The van der Waals surface area contributed by atoms with Gasteiger partial charge in [0.15, 0.2) is 0 Å². The molecule has 0 unspecified atom stereocenters. The number of ether oxygens (including phenoxy) is 1. The lowest BCUT2D eigenvalue weighted by molar-refractivity contribution is -0.135. The van der Waals surface area contributed by atoms with Crippen molar-refractivity contribution in [1.82, 2.24) is 10.2 Å². The van der Waals surface area contributed by atoms with Crippen molar-refractivity contribution in [2.45, 2.75) is 47.5 Å². The predicted molar refractivity (Wildman–Crippen MR) is 99.3 cm³/mol. The van der Waals surface area contributed by atoms with Crippen molar-refractivity contribution in [2.24, 2.45) is 10.8 Å². The number of carbonyl (C=O) groups excluding carboxylic acids is 4. The summed E-state index contributed by atoms with van der Waals surface area (Å²) >= 11 is 0. The van der Waals surface area contributed by atoms with Gasteiger partial charge >= 0.3 is 0 Å². The standard InChI is InChI=1S/C19H32N2O5/c1-6-7-17(25)21(15-23)10-8-16(24)20-12-19(4,5)14-26-13-18(2,3)9-11-22/h6-7,11,15H,8-10,12-14H2,1-5H3,(H,20,24)/b7-6-. The van der Waals surface area contributed by atoms with Crippen LogP contribution < -0.4 is 5.32 Å². The van der Waals surface area contributed by atoms with Crippen molar-refractivity contribution in [3.63, 3.8) is 0 Å². The number of nitrogens with one attached hydrogen (secondary N) is 1. The third-order valence-electron chi connectivity index (χ3n) is 3.68. The van der Waals surface area contributed by atoms with Crippen LogP contribution in [0.3, 0.4) is 0 Å². The molecule has 0 rings (SSSR count). The fourth-order valence-electron chi connectivity index (χ4n) is 2.04. The first-order chi connectivity index (χ1) is 12.1. The average Bonchev–Trinajstić information content (AvgIpc) is 2.53. The Hall–Kier alpha value is -2.02. The zero-order valence-electron chi connectivity index (χ0n) is 16.5. The molecule has 0 heterocycles. The van der Waals surface area contributed by atoms with E-state index in [1.165, 1.54) is 12.2 Å². The maximum absolute atomic E-state index is 11.9. The van der Waals surface area contributed by atoms with Gasteiger partial charge in [0.05, 0.1) is 13.2 Å². The van der Waals surface area contributed by atoms with Gasteiger partial charge in [0.1, 0.15) is 6.29 Å². The molecule has 0 aliphatic heterocycles. The smallest absolute Gasteiger partial charge is 0.252 e. The molecule has 0 saturated heterocycles. The first kappa shape index (κ1) is 24.0. The van der Waals surface area contributed by atoms with Gasteiger partial charge in [-0.2, -0.15) is 0 Å². The molecule has 0 aromatic carbocycles. The minimum atomic E-state index is -0.443. The molecule has 0 fully saturated rings. The van der Waals surface area contributed by atoms with Crippen LogP contribution in [0.4, 0.5) is 0 Å². The van der Waals surface area contributed by atoms with Gasteiger partial charge in [-0.15, -0.1) is 0 Å². The second kappa shape index (κ2) is 11.6. The van der Waals surface area contributed by atoms with E-state index >= 15 is 0 Å². The van der Waals surface area contributed by atoms with Crippen molar-refractivity contribution in [3.8, 4) is 0 Å². The van der Waals surface area contributed by atoms with Crippen LogP contribution in [0.5, 0.6) is 0 Å². The van der Waals surface area contributed by atoms with Crippen LogP contribution in [-0.2, 0) is 23.9 Å². The first-order valence-electron chi connectivity index (χ1n) is 8.73. The molecule has 148 valence electrons. The molecule has 7 nitrogen and oxygen atoms in total. The number of imide groups is 1. The van der Waals surface area contributed by atoms with E-state index in [4.69, 9.17) is 4.74 Å². The van der Waals surface area contributed by atoms with Crippen LogP contribution in [0.15, 0.2) is 12.2 Å².